The van der Waals surface area contributed by atoms with Crippen LogP contribution in [0.2, 0.25) is 0 Å². The van der Waals surface area contributed by atoms with Gasteiger partial charge in [0, 0.05) is 37.8 Å². The van der Waals surface area contributed by atoms with Crippen LogP contribution >= 0.6 is 0 Å². The van der Waals surface area contributed by atoms with Gasteiger partial charge in [-0.15, -0.1) is 0 Å². The fourth-order valence-corrected chi connectivity index (χ4v) is 2.67. The molecule has 0 aliphatic carbocycles. The Morgan fingerprint density at radius 1 is 1.19 bits per heavy atom. The predicted molar refractivity (Wildman–Crippen MR) is 70.6 cm³/mol. The second-order valence-corrected chi connectivity index (χ2v) is 5.97. The lowest BCUT2D eigenvalue weighted by molar-refractivity contribution is 0.0555. The second-order valence-electron chi connectivity index (χ2n) is 5.97. The first kappa shape index (κ1) is 13.9. The van der Waals surface area contributed by atoms with E-state index in [1.807, 2.05) is 0 Å². The normalized spacial score (nSPS) is 30.9. The Bertz CT molecular complexity index is 193. The number of hydrogen-bond acceptors (Lipinski definition) is 3. The smallest absolute Gasteiger partial charge is 0.0195 e. The summed E-state index contributed by atoms with van der Waals surface area (Å²) in [6.07, 6.45) is 1.13. The minimum Gasteiger partial charge on any atom is -0.327 e. The molecule has 2 N–H and O–H groups in total. The molecule has 0 amide bonds. The van der Waals surface area contributed by atoms with E-state index in [1.165, 1.54) is 0 Å². The van der Waals surface area contributed by atoms with E-state index in [9.17, 15) is 0 Å². The molecule has 16 heavy (non-hydrogen) atoms. The van der Waals surface area contributed by atoms with Crippen LogP contribution in [-0.2, 0) is 0 Å². The SMILES string of the molecule is CC(C)CC(N)CN1CC(C)N(C)C(C)C1. The second kappa shape index (κ2) is 5.99. The first-order chi connectivity index (χ1) is 7.40. The van der Waals surface area contributed by atoms with E-state index in [-0.39, 0.29) is 0 Å². The molecule has 0 aromatic heterocycles. The molecule has 0 aromatic rings. The standard InChI is InChI=1S/C13H29N3/c1-10(2)6-13(14)9-16-7-11(3)15(5)12(4)8-16/h10-13H,6-9,14H2,1-5H3. The van der Waals surface area contributed by atoms with Crippen molar-refractivity contribution in [2.75, 3.05) is 26.7 Å². The van der Waals surface area contributed by atoms with Crippen LogP contribution in [0.25, 0.3) is 0 Å². The van der Waals surface area contributed by atoms with Gasteiger partial charge in [-0.05, 0) is 33.2 Å². The molecule has 3 atom stereocenters. The average Bonchev–Trinajstić information content (AvgIpc) is 2.12. The van der Waals surface area contributed by atoms with Gasteiger partial charge >= 0.3 is 0 Å². The summed E-state index contributed by atoms with van der Waals surface area (Å²) < 4.78 is 0. The molecular formula is C13H29N3. The van der Waals surface area contributed by atoms with Gasteiger partial charge in [-0.25, -0.2) is 0 Å². The maximum atomic E-state index is 6.18. The highest BCUT2D eigenvalue weighted by molar-refractivity contribution is 4.84. The van der Waals surface area contributed by atoms with Crippen LogP contribution in [0, 0.1) is 5.92 Å². The molecular weight excluding hydrogens is 198 g/mol. The lowest BCUT2D eigenvalue weighted by Crippen LogP contribution is -2.56. The van der Waals surface area contributed by atoms with Crippen LogP contribution < -0.4 is 5.73 Å². The molecule has 1 saturated heterocycles. The van der Waals surface area contributed by atoms with Gasteiger partial charge < -0.3 is 5.73 Å². The molecule has 1 aliphatic rings. The van der Waals surface area contributed by atoms with Gasteiger partial charge in [-0.1, -0.05) is 13.8 Å². The van der Waals surface area contributed by atoms with E-state index in [0.717, 1.165) is 26.1 Å². The van der Waals surface area contributed by atoms with Crippen molar-refractivity contribution >= 4 is 0 Å². The molecule has 0 saturated carbocycles. The third-order valence-corrected chi connectivity index (χ3v) is 3.70. The monoisotopic (exact) mass is 227 g/mol. The summed E-state index contributed by atoms with van der Waals surface area (Å²) >= 11 is 0. The van der Waals surface area contributed by atoms with Crippen molar-refractivity contribution in [2.45, 2.75) is 52.2 Å². The van der Waals surface area contributed by atoms with E-state index < -0.39 is 0 Å². The largest absolute Gasteiger partial charge is 0.327 e. The van der Waals surface area contributed by atoms with E-state index in [4.69, 9.17) is 5.73 Å². The van der Waals surface area contributed by atoms with Crippen molar-refractivity contribution in [1.82, 2.24) is 9.80 Å². The Morgan fingerprint density at radius 3 is 2.12 bits per heavy atom. The first-order valence-electron chi connectivity index (χ1n) is 6.60. The highest BCUT2D eigenvalue weighted by Crippen LogP contribution is 2.14. The molecule has 1 aliphatic heterocycles. The van der Waals surface area contributed by atoms with Crippen molar-refractivity contribution in [3.8, 4) is 0 Å². The minimum absolute atomic E-state index is 0.336. The quantitative estimate of drug-likeness (QED) is 0.787. The molecule has 0 aromatic carbocycles. The third kappa shape index (κ3) is 4.04. The molecule has 0 radical (unpaired) electrons. The molecule has 1 fully saturated rings. The summed E-state index contributed by atoms with van der Waals surface area (Å²) in [5, 5.41) is 0. The van der Waals surface area contributed by atoms with Crippen LogP contribution in [0.1, 0.15) is 34.1 Å². The van der Waals surface area contributed by atoms with Crippen molar-refractivity contribution in [2.24, 2.45) is 11.7 Å². The van der Waals surface area contributed by atoms with Crippen molar-refractivity contribution in [1.29, 1.82) is 0 Å². The third-order valence-electron chi connectivity index (χ3n) is 3.70. The minimum atomic E-state index is 0.336. The zero-order valence-corrected chi connectivity index (χ0v) is 11.6. The molecule has 0 spiro atoms. The van der Waals surface area contributed by atoms with Gasteiger partial charge in [0.05, 0.1) is 0 Å². The Balaban J connectivity index is 2.38. The summed E-state index contributed by atoms with van der Waals surface area (Å²) in [4.78, 5) is 4.99. The molecule has 96 valence electrons. The van der Waals surface area contributed by atoms with E-state index >= 15 is 0 Å². The molecule has 3 unspecified atom stereocenters. The zero-order chi connectivity index (χ0) is 12.3. The lowest BCUT2D eigenvalue weighted by Gasteiger charge is -2.43. The van der Waals surface area contributed by atoms with Crippen molar-refractivity contribution < 1.29 is 0 Å². The van der Waals surface area contributed by atoms with Gasteiger partial charge in [0.25, 0.3) is 0 Å². The van der Waals surface area contributed by atoms with E-state index in [0.29, 0.717) is 24.0 Å². The lowest BCUT2D eigenvalue weighted by atomic mass is 10.0. The first-order valence-corrected chi connectivity index (χ1v) is 6.60. The summed E-state index contributed by atoms with van der Waals surface area (Å²) in [6, 6.07) is 1.63. The molecule has 1 heterocycles. The number of likely N-dealkylation sites (N-methyl/N-ethyl adjacent to an activating group) is 1. The van der Waals surface area contributed by atoms with Crippen molar-refractivity contribution in [3.05, 3.63) is 0 Å². The van der Waals surface area contributed by atoms with Gasteiger partial charge in [-0.2, -0.15) is 0 Å². The molecule has 3 nitrogen and oxygen atoms in total. The Morgan fingerprint density at radius 2 is 1.69 bits per heavy atom. The Labute approximate surface area is 101 Å². The number of hydrogen-bond donors (Lipinski definition) is 1. The molecule has 0 bridgehead atoms. The number of piperazine rings is 1. The van der Waals surface area contributed by atoms with Crippen LogP contribution in [0.5, 0.6) is 0 Å². The maximum Gasteiger partial charge on any atom is 0.0195 e. The van der Waals surface area contributed by atoms with Crippen LogP contribution in [0.15, 0.2) is 0 Å². The number of nitrogens with two attached hydrogens (primary N) is 1. The molecule has 3 heteroatoms. The highest BCUT2D eigenvalue weighted by atomic mass is 15.3. The Hall–Kier alpha value is -0.120. The van der Waals surface area contributed by atoms with Gasteiger partial charge in [0.1, 0.15) is 0 Å². The number of nitrogens with zero attached hydrogens (tertiary/aromatic N) is 2. The van der Waals surface area contributed by atoms with Crippen LogP contribution in [0.4, 0.5) is 0 Å². The maximum absolute atomic E-state index is 6.18. The van der Waals surface area contributed by atoms with Crippen LogP contribution in [-0.4, -0.2) is 54.6 Å². The van der Waals surface area contributed by atoms with Crippen LogP contribution in [0.3, 0.4) is 0 Å². The van der Waals surface area contributed by atoms with Gasteiger partial charge in [-0.3, -0.25) is 9.80 Å². The summed E-state index contributed by atoms with van der Waals surface area (Å²) in [5.74, 6) is 0.706. The Kier molecular flexibility index (Phi) is 5.22. The van der Waals surface area contributed by atoms with Crippen molar-refractivity contribution in [3.63, 3.8) is 0 Å². The van der Waals surface area contributed by atoms with E-state index in [1.54, 1.807) is 0 Å². The average molecular weight is 227 g/mol. The fraction of sp³-hybridized carbons (Fsp3) is 1.00. The van der Waals surface area contributed by atoms with Gasteiger partial charge in [0.2, 0.25) is 0 Å². The summed E-state index contributed by atoms with van der Waals surface area (Å²) in [5.41, 5.74) is 6.18. The van der Waals surface area contributed by atoms with E-state index in [2.05, 4.69) is 44.5 Å². The summed E-state index contributed by atoms with van der Waals surface area (Å²) in [7, 11) is 2.22. The fourth-order valence-electron chi connectivity index (χ4n) is 2.67. The summed E-state index contributed by atoms with van der Waals surface area (Å²) in [6.45, 7) is 12.5. The predicted octanol–water partition coefficient (Wildman–Crippen LogP) is 1.38. The molecule has 1 rings (SSSR count). The highest BCUT2D eigenvalue weighted by Gasteiger charge is 2.27. The number of rotatable bonds is 4. The van der Waals surface area contributed by atoms with Gasteiger partial charge in [0.15, 0.2) is 0 Å². The zero-order valence-electron chi connectivity index (χ0n) is 11.6. The topological polar surface area (TPSA) is 32.5 Å².